The average Bonchev–Trinajstić information content (AvgIpc) is 3.30. The number of amides is 1. The number of pyridine rings is 1. The van der Waals surface area contributed by atoms with E-state index in [1.54, 1.807) is 30.5 Å². The third-order valence-corrected chi connectivity index (χ3v) is 5.13. The molecule has 0 aliphatic carbocycles. The standard InChI is InChI=1S/C25H22FN3O2/c26-20-7-5-18(6-8-20)19-14-24(29-15-19)22-9-4-17(16-30)13-23(22)25(31)28-12-10-21-3-1-2-11-27-21/h1-9,11,13-14,30H,10,12,15-16H2,(H,28,31). The predicted molar refractivity (Wildman–Crippen MR) is 118 cm³/mol. The maximum atomic E-state index is 13.2. The molecule has 1 amide bonds. The maximum absolute atomic E-state index is 13.2. The summed E-state index contributed by atoms with van der Waals surface area (Å²) in [6.07, 6.45) is 4.27. The average molecular weight is 415 g/mol. The number of hydrogen-bond donors (Lipinski definition) is 2. The smallest absolute Gasteiger partial charge is 0.251 e. The molecular formula is C25H22FN3O2. The van der Waals surface area contributed by atoms with Gasteiger partial charge >= 0.3 is 0 Å². The van der Waals surface area contributed by atoms with E-state index in [-0.39, 0.29) is 18.3 Å². The first kappa shape index (κ1) is 20.6. The lowest BCUT2D eigenvalue weighted by Gasteiger charge is -2.11. The Morgan fingerprint density at radius 2 is 1.94 bits per heavy atom. The molecule has 31 heavy (non-hydrogen) atoms. The minimum Gasteiger partial charge on any atom is -0.392 e. The van der Waals surface area contributed by atoms with Crippen molar-refractivity contribution in [1.82, 2.24) is 10.3 Å². The van der Waals surface area contributed by atoms with Crippen LogP contribution in [-0.2, 0) is 13.0 Å². The number of carbonyl (C=O) groups excluding carboxylic acids is 1. The molecule has 0 unspecified atom stereocenters. The van der Waals surface area contributed by atoms with Crippen molar-refractivity contribution < 1.29 is 14.3 Å². The molecular weight excluding hydrogens is 393 g/mol. The SMILES string of the molecule is O=C(NCCc1ccccn1)c1cc(CO)ccc1C1=NCC(c2ccc(F)cc2)=C1. The molecule has 1 aromatic heterocycles. The zero-order valence-corrected chi connectivity index (χ0v) is 16.9. The second kappa shape index (κ2) is 9.45. The highest BCUT2D eigenvalue weighted by Crippen LogP contribution is 2.24. The van der Waals surface area contributed by atoms with Gasteiger partial charge < -0.3 is 10.4 Å². The molecule has 2 aromatic carbocycles. The van der Waals surface area contributed by atoms with Gasteiger partial charge in [-0.15, -0.1) is 0 Å². The van der Waals surface area contributed by atoms with Gasteiger partial charge in [-0.1, -0.05) is 30.3 Å². The molecule has 2 heterocycles. The summed E-state index contributed by atoms with van der Waals surface area (Å²) in [7, 11) is 0. The van der Waals surface area contributed by atoms with Gasteiger partial charge in [-0.25, -0.2) is 4.39 Å². The molecule has 0 spiro atoms. The molecule has 3 aromatic rings. The molecule has 0 saturated carbocycles. The number of aliphatic hydroxyl groups is 1. The highest BCUT2D eigenvalue weighted by atomic mass is 19.1. The molecule has 4 rings (SSSR count). The third-order valence-electron chi connectivity index (χ3n) is 5.13. The van der Waals surface area contributed by atoms with Crippen LogP contribution < -0.4 is 5.32 Å². The van der Waals surface area contributed by atoms with Crippen LogP contribution in [0.25, 0.3) is 5.57 Å². The summed E-state index contributed by atoms with van der Waals surface area (Å²) in [6, 6.07) is 17.3. The molecule has 0 fully saturated rings. The summed E-state index contributed by atoms with van der Waals surface area (Å²) in [6.45, 7) is 0.753. The van der Waals surface area contributed by atoms with Gasteiger partial charge in [-0.05, 0) is 53.1 Å². The number of aliphatic imine (C=N–C) groups is 1. The van der Waals surface area contributed by atoms with E-state index in [1.807, 2.05) is 30.3 Å². The van der Waals surface area contributed by atoms with Crippen LogP contribution in [0.15, 0.2) is 77.9 Å². The van der Waals surface area contributed by atoms with Gasteiger partial charge in [0.1, 0.15) is 5.82 Å². The normalized spacial score (nSPS) is 13.0. The maximum Gasteiger partial charge on any atom is 0.251 e. The molecule has 0 radical (unpaired) electrons. The van der Waals surface area contributed by atoms with Crippen molar-refractivity contribution in [3.05, 3.63) is 107 Å². The number of carbonyl (C=O) groups is 1. The summed E-state index contributed by atoms with van der Waals surface area (Å²) in [5.41, 5.74) is 5.27. The van der Waals surface area contributed by atoms with Crippen LogP contribution in [0.3, 0.4) is 0 Å². The van der Waals surface area contributed by atoms with E-state index in [9.17, 15) is 14.3 Å². The summed E-state index contributed by atoms with van der Waals surface area (Å²) in [5.74, 6) is -0.514. The number of nitrogens with one attached hydrogen (secondary N) is 1. The first-order valence-corrected chi connectivity index (χ1v) is 10.1. The number of allylic oxidation sites excluding steroid dienone is 1. The van der Waals surface area contributed by atoms with Crippen LogP contribution in [0.4, 0.5) is 4.39 Å². The minimum atomic E-state index is -0.284. The summed E-state index contributed by atoms with van der Waals surface area (Å²) in [4.78, 5) is 21.8. The molecule has 1 aliphatic rings. The van der Waals surface area contributed by atoms with Crippen molar-refractivity contribution in [2.45, 2.75) is 13.0 Å². The number of rotatable bonds is 7. The van der Waals surface area contributed by atoms with Gasteiger partial charge in [-0.3, -0.25) is 14.8 Å². The number of aromatic nitrogens is 1. The van der Waals surface area contributed by atoms with Gasteiger partial charge in [0, 0.05) is 36.0 Å². The van der Waals surface area contributed by atoms with Crippen molar-refractivity contribution in [2.75, 3.05) is 13.1 Å². The summed E-state index contributed by atoms with van der Waals surface area (Å²) >= 11 is 0. The van der Waals surface area contributed by atoms with Gasteiger partial charge in [-0.2, -0.15) is 0 Å². The van der Waals surface area contributed by atoms with E-state index in [0.717, 1.165) is 16.8 Å². The van der Waals surface area contributed by atoms with Crippen molar-refractivity contribution in [1.29, 1.82) is 0 Å². The number of benzene rings is 2. The monoisotopic (exact) mass is 415 g/mol. The summed E-state index contributed by atoms with van der Waals surface area (Å²) < 4.78 is 13.2. The van der Waals surface area contributed by atoms with E-state index in [0.29, 0.717) is 41.9 Å². The van der Waals surface area contributed by atoms with Crippen LogP contribution in [0.5, 0.6) is 0 Å². The molecule has 5 nitrogen and oxygen atoms in total. The Kier molecular flexibility index (Phi) is 6.29. The van der Waals surface area contributed by atoms with Crippen molar-refractivity contribution in [2.24, 2.45) is 4.99 Å². The van der Waals surface area contributed by atoms with Crippen molar-refractivity contribution >= 4 is 17.2 Å². The van der Waals surface area contributed by atoms with Crippen molar-refractivity contribution in [3.63, 3.8) is 0 Å². The molecule has 0 bridgehead atoms. The zero-order valence-electron chi connectivity index (χ0n) is 16.9. The molecule has 0 saturated heterocycles. The largest absolute Gasteiger partial charge is 0.392 e. The van der Waals surface area contributed by atoms with Crippen LogP contribution in [0.2, 0.25) is 0 Å². The van der Waals surface area contributed by atoms with Crippen LogP contribution in [0.1, 0.15) is 32.7 Å². The topological polar surface area (TPSA) is 74.6 Å². The van der Waals surface area contributed by atoms with Crippen molar-refractivity contribution in [3.8, 4) is 0 Å². The fraction of sp³-hybridized carbons (Fsp3) is 0.160. The molecule has 6 heteroatoms. The van der Waals surface area contributed by atoms with E-state index in [2.05, 4.69) is 15.3 Å². The second-order valence-electron chi connectivity index (χ2n) is 7.24. The lowest BCUT2D eigenvalue weighted by Crippen LogP contribution is -2.27. The quantitative estimate of drug-likeness (QED) is 0.620. The Labute approximate surface area is 180 Å². The number of aliphatic hydroxyl groups excluding tert-OH is 1. The fourth-order valence-electron chi connectivity index (χ4n) is 3.47. The van der Waals surface area contributed by atoms with E-state index >= 15 is 0 Å². The first-order chi connectivity index (χ1) is 15.1. The van der Waals surface area contributed by atoms with Crippen LogP contribution in [-0.4, -0.2) is 34.8 Å². The van der Waals surface area contributed by atoms with Crippen LogP contribution in [0, 0.1) is 5.82 Å². The Hall–Kier alpha value is -3.64. The zero-order chi connectivity index (χ0) is 21.6. The second-order valence-corrected chi connectivity index (χ2v) is 7.24. The lowest BCUT2D eigenvalue weighted by atomic mass is 9.98. The minimum absolute atomic E-state index is 0.155. The van der Waals surface area contributed by atoms with E-state index < -0.39 is 0 Å². The Morgan fingerprint density at radius 1 is 1.10 bits per heavy atom. The molecule has 156 valence electrons. The van der Waals surface area contributed by atoms with Gasteiger partial charge in [0.25, 0.3) is 5.91 Å². The lowest BCUT2D eigenvalue weighted by molar-refractivity contribution is 0.0953. The Bertz CT molecular complexity index is 1140. The molecule has 2 N–H and O–H groups in total. The predicted octanol–water partition coefficient (Wildman–Crippen LogP) is 3.57. The highest BCUT2D eigenvalue weighted by molar-refractivity contribution is 6.19. The Morgan fingerprint density at radius 3 is 2.68 bits per heavy atom. The van der Waals surface area contributed by atoms with Gasteiger partial charge in [0.05, 0.1) is 18.9 Å². The van der Waals surface area contributed by atoms with Crippen LogP contribution >= 0.6 is 0 Å². The fourth-order valence-corrected chi connectivity index (χ4v) is 3.47. The van der Waals surface area contributed by atoms with E-state index in [1.165, 1.54) is 12.1 Å². The highest BCUT2D eigenvalue weighted by Gasteiger charge is 2.19. The van der Waals surface area contributed by atoms with Gasteiger partial charge in [0.15, 0.2) is 0 Å². The van der Waals surface area contributed by atoms with E-state index in [4.69, 9.17) is 0 Å². The Balaban J connectivity index is 1.54. The number of nitrogens with zero attached hydrogens (tertiary/aromatic N) is 2. The van der Waals surface area contributed by atoms with Gasteiger partial charge in [0.2, 0.25) is 0 Å². The third kappa shape index (κ3) is 4.92. The summed E-state index contributed by atoms with van der Waals surface area (Å²) in [5, 5.41) is 12.5. The number of halogens is 1. The molecule has 1 aliphatic heterocycles. The number of hydrogen-bond acceptors (Lipinski definition) is 4. The first-order valence-electron chi connectivity index (χ1n) is 10.1. The molecule has 0 atom stereocenters.